The highest BCUT2D eigenvalue weighted by atomic mass is 31.2. The molecule has 0 aliphatic heterocycles. The van der Waals surface area contributed by atoms with Crippen molar-refractivity contribution in [3.63, 3.8) is 0 Å². The molecule has 41 heavy (non-hydrogen) atoms. The molecule has 0 bridgehead atoms. The van der Waals surface area contributed by atoms with Gasteiger partial charge in [-0.2, -0.15) is 0 Å². The van der Waals surface area contributed by atoms with Gasteiger partial charge in [0.2, 0.25) is 0 Å². The van der Waals surface area contributed by atoms with Gasteiger partial charge in [-0.05, 0) is 96.6 Å². The Kier molecular flexibility index (Phi) is 14.3. The van der Waals surface area contributed by atoms with E-state index in [-0.39, 0.29) is 23.5 Å². The molecule has 238 valence electrons. The van der Waals surface area contributed by atoms with E-state index < -0.39 is 45.4 Å². The van der Waals surface area contributed by atoms with E-state index in [2.05, 4.69) is 33.9 Å². The number of hydrogen-bond donors (Lipinski definition) is 0. The van der Waals surface area contributed by atoms with Crippen molar-refractivity contribution < 1.29 is 37.0 Å². The van der Waals surface area contributed by atoms with Crippen LogP contribution in [0, 0.1) is 5.92 Å². The van der Waals surface area contributed by atoms with Gasteiger partial charge in [0.25, 0.3) is 0 Å². The van der Waals surface area contributed by atoms with Gasteiger partial charge in [-0.1, -0.05) is 39.8 Å². The Bertz CT molecular complexity index is 965. The summed E-state index contributed by atoms with van der Waals surface area (Å²) in [5, 5.41) is 0.0156. The first kappa shape index (κ1) is 37.8. The summed E-state index contributed by atoms with van der Waals surface area (Å²) in [4.78, 5) is 13.6. The second-order valence-corrected chi connectivity index (χ2v) is 20.8. The molecule has 0 heterocycles. The van der Waals surface area contributed by atoms with E-state index in [0.29, 0.717) is 13.2 Å². The van der Waals surface area contributed by atoms with Crippen LogP contribution < -0.4 is 4.74 Å². The molecule has 1 aromatic rings. The Morgan fingerprint density at radius 3 is 1.83 bits per heavy atom. The molecular weight excluding hydrogens is 559 g/mol. The molecule has 0 aliphatic carbocycles. The number of methoxy groups -OCH3 is 1. The summed E-state index contributed by atoms with van der Waals surface area (Å²) in [5.74, 6) is -0.0743. The number of rotatable bonds is 16. The smallest absolute Gasteiger partial charge is 0.345 e. The Morgan fingerprint density at radius 2 is 1.41 bits per heavy atom. The van der Waals surface area contributed by atoms with E-state index in [1.54, 1.807) is 55.6 Å². The number of esters is 1. The Labute approximate surface area is 250 Å². The maximum absolute atomic E-state index is 14.3. The van der Waals surface area contributed by atoms with E-state index in [0.717, 1.165) is 11.3 Å². The predicted octanol–water partition coefficient (Wildman–Crippen LogP) is 8.38. The number of carbonyl (C=O) groups excluding carboxylic acids is 1. The molecule has 2 unspecified atom stereocenters. The fourth-order valence-corrected chi connectivity index (χ4v) is 7.23. The highest BCUT2D eigenvalue weighted by Gasteiger charge is 2.47. The van der Waals surface area contributed by atoms with E-state index in [9.17, 15) is 9.36 Å². The number of benzene rings is 1. The van der Waals surface area contributed by atoms with Gasteiger partial charge in [0, 0.05) is 0 Å². The summed E-state index contributed by atoms with van der Waals surface area (Å²) < 4.78 is 50.1. The van der Waals surface area contributed by atoms with Crippen molar-refractivity contribution in [3.8, 4) is 5.75 Å². The maximum Gasteiger partial charge on any atom is 0.345 e. The van der Waals surface area contributed by atoms with Crippen molar-refractivity contribution in [1.29, 1.82) is 0 Å². The van der Waals surface area contributed by atoms with Crippen LogP contribution >= 0.6 is 7.60 Å². The fourth-order valence-electron chi connectivity index (χ4n) is 3.80. The van der Waals surface area contributed by atoms with Crippen LogP contribution in [0.3, 0.4) is 0 Å². The van der Waals surface area contributed by atoms with Gasteiger partial charge in [0.1, 0.15) is 11.4 Å². The van der Waals surface area contributed by atoms with Crippen molar-refractivity contribution in [1.82, 2.24) is 0 Å². The average Bonchev–Trinajstić information content (AvgIpc) is 2.79. The van der Waals surface area contributed by atoms with Crippen molar-refractivity contribution in [2.45, 2.75) is 137 Å². The second kappa shape index (κ2) is 15.5. The molecule has 0 saturated heterocycles. The van der Waals surface area contributed by atoms with E-state index in [1.807, 2.05) is 31.2 Å². The molecule has 3 atom stereocenters. The molecule has 0 aromatic heterocycles. The highest BCUT2D eigenvalue weighted by molar-refractivity contribution is 7.55. The van der Waals surface area contributed by atoms with Crippen LogP contribution in [0.15, 0.2) is 24.3 Å². The normalized spacial score (nSPS) is 15.6. The zero-order valence-corrected chi connectivity index (χ0v) is 29.9. The summed E-state index contributed by atoms with van der Waals surface area (Å²) in [7, 11) is -4.39. The summed E-state index contributed by atoms with van der Waals surface area (Å²) in [5.41, 5.74) is -0.910. The van der Waals surface area contributed by atoms with Crippen molar-refractivity contribution in [3.05, 3.63) is 29.8 Å². The lowest BCUT2D eigenvalue weighted by Gasteiger charge is -2.38. The quantitative estimate of drug-likeness (QED) is 0.104. The first-order chi connectivity index (χ1) is 18.6. The van der Waals surface area contributed by atoms with Crippen LogP contribution in [0.25, 0.3) is 0 Å². The van der Waals surface area contributed by atoms with Crippen LogP contribution in [0.5, 0.6) is 5.75 Å². The monoisotopic (exact) mass is 616 g/mol. The number of hydrogen-bond acceptors (Lipinski definition) is 8. The Balaban J connectivity index is 3.39. The highest BCUT2D eigenvalue weighted by Crippen LogP contribution is 2.57. The van der Waals surface area contributed by atoms with E-state index >= 15 is 0 Å². The maximum atomic E-state index is 14.3. The standard InChI is InChI=1S/C31H57O8PSi/c1-22(2)38-40(33,39-23(3)4)28(29(32)37-30(6,7)8)19-24(5)27(21-36-41(13,14)31(9,10)11)35-20-25-15-17-26(34-12)18-16-25/h15-18,22-24,27-28H,19-21H2,1-14H3/t24?,27-,28?/m1/s1. The third kappa shape index (κ3) is 12.9. The van der Waals surface area contributed by atoms with Crippen molar-refractivity contribution in [2.75, 3.05) is 13.7 Å². The summed E-state index contributed by atoms with van der Waals surface area (Å²) in [6, 6.07) is 7.70. The van der Waals surface area contributed by atoms with Crippen LogP contribution in [0.1, 0.15) is 88.1 Å². The zero-order chi connectivity index (χ0) is 31.8. The lowest BCUT2D eigenvalue weighted by Crippen LogP contribution is -2.44. The minimum Gasteiger partial charge on any atom is -0.497 e. The van der Waals surface area contributed by atoms with E-state index in [4.69, 9.17) is 27.7 Å². The van der Waals surface area contributed by atoms with Crippen LogP contribution in [0.4, 0.5) is 0 Å². The lowest BCUT2D eigenvalue weighted by molar-refractivity contribution is -0.155. The van der Waals surface area contributed by atoms with Gasteiger partial charge in [0.05, 0.1) is 38.6 Å². The molecule has 0 fully saturated rings. The number of carbonyl (C=O) groups is 1. The van der Waals surface area contributed by atoms with Crippen LogP contribution in [-0.2, 0) is 38.9 Å². The summed E-state index contributed by atoms with van der Waals surface area (Å²) in [6.07, 6.45) is -1.03. The van der Waals surface area contributed by atoms with Gasteiger partial charge >= 0.3 is 13.6 Å². The Hall–Kier alpha value is -1.22. The predicted molar refractivity (Wildman–Crippen MR) is 168 cm³/mol. The third-order valence-corrected chi connectivity index (χ3v) is 14.2. The van der Waals surface area contributed by atoms with Gasteiger partial charge in [-0.25, -0.2) is 0 Å². The van der Waals surface area contributed by atoms with Crippen molar-refractivity contribution in [2.24, 2.45) is 5.92 Å². The fraction of sp³-hybridized carbons (Fsp3) is 0.774. The summed E-state index contributed by atoms with van der Waals surface area (Å²) in [6.45, 7) is 26.1. The molecule has 8 nitrogen and oxygen atoms in total. The molecule has 0 amide bonds. The molecule has 0 saturated carbocycles. The van der Waals surface area contributed by atoms with Gasteiger partial charge < -0.3 is 27.7 Å². The van der Waals surface area contributed by atoms with Gasteiger partial charge in [-0.3, -0.25) is 9.36 Å². The average molecular weight is 617 g/mol. The molecule has 0 radical (unpaired) electrons. The topological polar surface area (TPSA) is 89.5 Å². The molecule has 0 N–H and O–H groups in total. The first-order valence-electron chi connectivity index (χ1n) is 14.7. The largest absolute Gasteiger partial charge is 0.497 e. The third-order valence-electron chi connectivity index (χ3n) is 7.04. The van der Waals surface area contributed by atoms with Crippen molar-refractivity contribution >= 4 is 21.9 Å². The van der Waals surface area contributed by atoms with Crippen LogP contribution in [-0.4, -0.2) is 57.6 Å². The number of ether oxygens (including phenoxy) is 3. The van der Waals surface area contributed by atoms with Gasteiger partial charge in [-0.15, -0.1) is 0 Å². The van der Waals surface area contributed by atoms with E-state index in [1.165, 1.54) is 0 Å². The SMILES string of the molecule is COc1ccc(CO[C@H](CO[Si](C)(C)C(C)(C)C)C(C)CC(C(=O)OC(C)(C)C)P(=O)(OC(C)C)OC(C)C)cc1. The molecule has 0 spiro atoms. The molecule has 1 aromatic carbocycles. The first-order valence-corrected chi connectivity index (χ1v) is 19.2. The Morgan fingerprint density at radius 1 is 0.902 bits per heavy atom. The molecular formula is C31H57O8PSi. The van der Waals surface area contributed by atoms with Gasteiger partial charge in [0.15, 0.2) is 14.0 Å². The molecule has 1 rings (SSSR count). The second-order valence-electron chi connectivity index (χ2n) is 13.9. The minimum atomic E-state index is -3.92. The van der Waals surface area contributed by atoms with Crippen LogP contribution in [0.2, 0.25) is 18.1 Å². The summed E-state index contributed by atoms with van der Waals surface area (Å²) >= 11 is 0. The molecule has 0 aliphatic rings. The minimum absolute atomic E-state index is 0.0156. The zero-order valence-electron chi connectivity index (χ0n) is 28.0. The molecule has 10 heteroatoms. The lowest BCUT2D eigenvalue weighted by atomic mass is 9.98.